The molecule has 0 saturated carbocycles. The summed E-state index contributed by atoms with van der Waals surface area (Å²) in [5.41, 5.74) is 1.44. The summed E-state index contributed by atoms with van der Waals surface area (Å²) in [5.74, 6) is 0.621. The first-order chi connectivity index (χ1) is 12.6. The van der Waals surface area contributed by atoms with Gasteiger partial charge in [0, 0.05) is 17.7 Å². The van der Waals surface area contributed by atoms with Crippen LogP contribution in [0.25, 0.3) is 11.3 Å². The number of ether oxygens (including phenoxy) is 2. The molecule has 7 nitrogen and oxygen atoms in total. The highest BCUT2D eigenvalue weighted by Gasteiger charge is 2.14. The lowest BCUT2D eigenvalue weighted by molar-refractivity contribution is -0.384. The van der Waals surface area contributed by atoms with Gasteiger partial charge in [0.25, 0.3) is 5.69 Å². The van der Waals surface area contributed by atoms with Crippen LogP contribution in [0, 0.1) is 10.1 Å². The zero-order chi connectivity index (χ0) is 18.5. The number of furan rings is 1. The lowest BCUT2D eigenvalue weighted by Gasteiger charge is -2.04. The number of benzene rings is 2. The molecule has 0 unspecified atom stereocenters. The number of nitrogens with zero attached hydrogens (tertiary/aromatic N) is 1. The molecular weight excluding hydrogens is 338 g/mol. The monoisotopic (exact) mass is 353 g/mol. The first-order valence-electron chi connectivity index (χ1n) is 7.71. The summed E-state index contributed by atoms with van der Waals surface area (Å²) in [6.45, 7) is 0.108. The number of methoxy groups -OCH3 is 1. The average Bonchev–Trinajstić information content (AvgIpc) is 3.17. The predicted molar refractivity (Wildman–Crippen MR) is 92.9 cm³/mol. The molecule has 0 aliphatic carbocycles. The summed E-state index contributed by atoms with van der Waals surface area (Å²) in [6, 6.07) is 16.2. The second-order valence-corrected chi connectivity index (χ2v) is 5.39. The molecule has 1 aromatic heterocycles. The molecule has 0 aliphatic rings. The lowest BCUT2D eigenvalue weighted by Crippen LogP contribution is -2.03. The maximum absolute atomic E-state index is 12.1. The van der Waals surface area contributed by atoms with Crippen LogP contribution in [0.5, 0.6) is 5.75 Å². The first-order valence-corrected chi connectivity index (χ1v) is 7.71. The molecule has 0 spiro atoms. The number of rotatable bonds is 6. The Morgan fingerprint density at radius 1 is 1.04 bits per heavy atom. The molecule has 2 aromatic carbocycles. The number of nitro benzene ring substituents is 1. The first kappa shape index (κ1) is 17.2. The number of hydrogen-bond donors (Lipinski definition) is 0. The van der Waals surface area contributed by atoms with Gasteiger partial charge >= 0.3 is 5.97 Å². The smallest absolute Gasteiger partial charge is 0.374 e. The number of carbonyl (C=O) groups excluding carboxylic acids is 1. The van der Waals surface area contributed by atoms with Crippen molar-refractivity contribution in [1.82, 2.24) is 0 Å². The Morgan fingerprint density at radius 3 is 2.35 bits per heavy atom. The van der Waals surface area contributed by atoms with Gasteiger partial charge in [-0.25, -0.2) is 4.79 Å². The second-order valence-electron chi connectivity index (χ2n) is 5.39. The van der Waals surface area contributed by atoms with Crippen LogP contribution in [0.2, 0.25) is 0 Å². The Morgan fingerprint density at radius 2 is 1.73 bits per heavy atom. The molecule has 0 atom stereocenters. The minimum Gasteiger partial charge on any atom is -0.497 e. The van der Waals surface area contributed by atoms with E-state index in [9.17, 15) is 14.9 Å². The van der Waals surface area contributed by atoms with E-state index in [1.54, 1.807) is 49.6 Å². The Balaban J connectivity index is 1.64. The van der Waals surface area contributed by atoms with Gasteiger partial charge in [-0.2, -0.15) is 0 Å². The quantitative estimate of drug-likeness (QED) is 0.374. The highest BCUT2D eigenvalue weighted by atomic mass is 16.6. The van der Waals surface area contributed by atoms with Crippen molar-refractivity contribution < 1.29 is 23.6 Å². The SMILES string of the molecule is COc1ccc(COC(=O)c2ccc(-c3ccc([N+](=O)[O-])cc3)o2)cc1. The maximum Gasteiger partial charge on any atom is 0.374 e. The number of non-ortho nitro benzene ring substituents is 1. The van der Waals surface area contributed by atoms with Crippen LogP contribution in [0.1, 0.15) is 16.1 Å². The fourth-order valence-corrected chi connectivity index (χ4v) is 2.29. The maximum atomic E-state index is 12.1. The van der Waals surface area contributed by atoms with Gasteiger partial charge in [0.2, 0.25) is 5.76 Å². The molecule has 7 heteroatoms. The summed E-state index contributed by atoms with van der Waals surface area (Å²) < 4.78 is 15.8. The van der Waals surface area contributed by atoms with E-state index in [4.69, 9.17) is 13.9 Å². The van der Waals surface area contributed by atoms with Crippen molar-refractivity contribution in [3.05, 3.63) is 82.1 Å². The fraction of sp³-hybridized carbons (Fsp3) is 0.105. The number of hydrogen-bond acceptors (Lipinski definition) is 6. The van der Waals surface area contributed by atoms with Crippen LogP contribution in [0.15, 0.2) is 65.1 Å². The van der Waals surface area contributed by atoms with Gasteiger partial charge in [-0.15, -0.1) is 0 Å². The summed E-state index contributed by atoms with van der Waals surface area (Å²) in [5, 5.41) is 10.7. The number of esters is 1. The van der Waals surface area contributed by atoms with Crippen LogP contribution in [0.3, 0.4) is 0 Å². The summed E-state index contributed by atoms with van der Waals surface area (Å²) in [7, 11) is 1.58. The third-order valence-electron chi connectivity index (χ3n) is 3.70. The van der Waals surface area contributed by atoms with Crippen molar-refractivity contribution in [3.63, 3.8) is 0 Å². The van der Waals surface area contributed by atoms with Crippen LogP contribution < -0.4 is 4.74 Å². The van der Waals surface area contributed by atoms with Gasteiger partial charge in [-0.05, 0) is 42.0 Å². The minimum absolute atomic E-state index is 0.0144. The van der Waals surface area contributed by atoms with Crippen LogP contribution in [-0.2, 0) is 11.3 Å². The van der Waals surface area contributed by atoms with E-state index < -0.39 is 10.9 Å². The zero-order valence-corrected chi connectivity index (χ0v) is 13.9. The van der Waals surface area contributed by atoms with Gasteiger partial charge in [-0.1, -0.05) is 12.1 Å². The number of nitro groups is 1. The number of carbonyl (C=O) groups is 1. The van der Waals surface area contributed by atoms with Gasteiger partial charge in [-0.3, -0.25) is 10.1 Å². The Hall–Kier alpha value is -3.61. The summed E-state index contributed by atoms with van der Waals surface area (Å²) in [6.07, 6.45) is 0. The van der Waals surface area contributed by atoms with E-state index in [1.165, 1.54) is 18.2 Å². The third-order valence-corrected chi connectivity index (χ3v) is 3.70. The molecule has 3 aromatic rings. The van der Waals surface area contributed by atoms with Crippen molar-refractivity contribution in [3.8, 4) is 17.1 Å². The van der Waals surface area contributed by atoms with Crippen molar-refractivity contribution >= 4 is 11.7 Å². The Labute approximate surface area is 148 Å². The average molecular weight is 353 g/mol. The predicted octanol–water partition coefficient (Wildman–Crippen LogP) is 4.22. The van der Waals surface area contributed by atoms with Crippen molar-refractivity contribution in [2.75, 3.05) is 7.11 Å². The molecule has 0 radical (unpaired) electrons. The van der Waals surface area contributed by atoms with Gasteiger partial charge < -0.3 is 13.9 Å². The Kier molecular flexibility index (Phi) is 4.98. The molecule has 3 rings (SSSR count). The van der Waals surface area contributed by atoms with Crippen molar-refractivity contribution in [2.45, 2.75) is 6.61 Å². The fourth-order valence-electron chi connectivity index (χ4n) is 2.29. The molecule has 26 heavy (non-hydrogen) atoms. The lowest BCUT2D eigenvalue weighted by atomic mass is 10.1. The van der Waals surface area contributed by atoms with E-state index in [-0.39, 0.29) is 18.1 Å². The van der Waals surface area contributed by atoms with Crippen LogP contribution in [-0.4, -0.2) is 18.0 Å². The van der Waals surface area contributed by atoms with E-state index >= 15 is 0 Å². The molecule has 0 fully saturated rings. The normalized spacial score (nSPS) is 10.3. The molecule has 132 valence electrons. The van der Waals surface area contributed by atoms with Crippen molar-refractivity contribution in [2.24, 2.45) is 0 Å². The van der Waals surface area contributed by atoms with E-state index in [1.807, 2.05) is 0 Å². The molecule has 0 saturated heterocycles. The highest BCUT2D eigenvalue weighted by Crippen LogP contribution is 2.25. The molecule has 0 aliphatic heterocycles. The van der Waals surface area contributed by atoms with Crippen LogP contribution >= 0.6 is 0 Å². The standard InChI is InChI=1S/C19H15NO6/c1-24-16-8-2-13(3-9-16)12-25-19(21)18-11-10-17(26-18)14-4-6-15(7-5-14)20(22)23/h2-11H,12H2,1H3. The van der Waals surface area contributed by atoms with Crippen molar-refractivity contribution in [1.29, 1.82) is 0 Å². The van der Waals surface area contributed by atoms with E-state index in [0.717, 1.165) is 11.3 Å². The zero-order valence-electron chi connectivity index (χ0n) is 13.9. The second kappa shape index (κ2) is 7.52. The molecule has 0 amide bonds. The molecule has 0 N–H and O–H groups in total. The van der Waals surface area contributed by atoms with Gasteiger partial charge in [0.05, 0.1) is 12.0 Å². The van der Waals surface area contributed by atoms with E-state index in [2.05, 4.69) is 0 Å². The van der Waals surface area contributed by atoms with Gasteiger partial charge in [0.1, 0.15) is 18.1 Å². The molecule has 1 heterocycles. The van der Waals surface area contributed by atoms with Crippen LogP contribution in [0.4, 0.5) is 5.69 Å². The van der Waals surface area contributed by atoms with E-state index in [0.29, 0.717) is 11.3 Å². The Bertz CT molecular complexity index is 912. The third kappa shape index (κ3) is 3.89. The summed E-state index contributed by atoms with van der Waals surface area (Å²) >= 11 is 0. The topological polar surface area (TPSA) is 91.8 Å². The highest BCUT2D eigenvalue weighted by molar-refractivity contribution is 5.87. The summed E-state index contributed by atoms with van der Waals surface area (Å²) in [4.78, 5) is 22.3. The minimum atomic E-state index is -0.589. The largest absolute Gasteiger partial charge is 0.497 e. The molecular formula is C19H15NO6. The molecule has 0 bridgehead atoms. The van der Waals surface area contributed by atoms with Gasteiger partial charge in [0.15, 0.2) is 0 Å².